The lowest BCUT2D eigenvalue weighted by atomic mass is 10.1. The molecule has 1 heterocycles. The average Bonchev–Trinajstić information content (AvgIpc) is 2.96. The molecule has 0 saturated heterocycles. The van der Waals surface area contributed by atoms with Crippen LogP contribution in [0.25, 0.3) is 11.0 Å². The highest BCUT2D eigenvalue weighted by Gasteiger charge is 2.25. The Hall–Kier alpha value is -2.93. The molecule has 1 aromatic heterocycles. The topological polar surface area (TPSA) is 68.5 Å². The molecule has 27 heavy (non-hydrogen) atoms. The molecule has 0 fully saturated rings. The maximum absolute atomic E-state index is 13.6. The van der Waals surface area contributed by atoms with Crippen molar-refractivity contribution in [3.05, 3.63) is 64.4 Å². The van der Waals surface area contributed by atoms with Crippen molar-refractivity contribution in [1.29, 1.82) is 0 Å². The van der Waals surface area contributed by atoms with Crippen LogP contribution in [-0.2, 0) is 9.53 Å². The lowest BCUT2D eigenvalue weighted by molar-refractivity contribution is -0.123. The normalized spacial score (nSPS) is 12.0. The molecule has 0 radical (unpaired) electrons. The number of rotatable bonds is 4. The molecule has 2 aromatic carbocycles. The Morgan fingerprint density at radius 3 is 2.67 bits per heavy atom. The standard InChI is InChI=1S/C19H14ClF2NO4/c1-9-12-4-3-5-13(20)17(12)27-16(9)19(25)26-10(2)18(24)23-15-8-11(21)6-7-14(15)22/h3-8,10H,1-2H3,(H,23,24). The second kappa shape index (κ2) is 7.36. The van der Waals surface area contributed by atoms with Crippen LogP contribution in [0.5, 0.6) is 0 Å². The molecule has 0 aliphatic rings. The van der Waals surface area contributed by atoms with Gasteiger partial charge in [-0.05, 0) is 32.0 Å². The first kappa shape index (κ1) is 18.8. The van der Waals surface area contributed by atoms with E-state index in [0.29, 0.717) is 21.6 Å². The minimum absolute atomic E-state index is 0.0883. The van der Waals surface area contributed by atoms with Gasteiger partial charge in [-0.3, -0.25) is 4.79 Å². The Morgan fingerprint density at radius 2 is 1.96 bits per heavy atom. The number of carbonyl (C=O) groups excluding carboxylic acids is 2. The summed E-state index contributed by atoms with van der Waals surface area (Å²) in [5.41, 5.74) is 0.499. The van der Waals surface area contributed by atoms with E-state index in [0.717, 1.165) is 18.2 Å². The number of para-hydroxylation sites is 1. The van der Waals surface area contributed by atoms with Gasteiger partial charge in [0.25, 0.3) is 5.91 Å². The summed E-state index contributed by atoms with van der Waals surface area (Å²) >= 11 is 6.04. The van der Waals surface area contributed by atoms with Gasteiger partial charge in [-0.1, -0.05) is 23.7 Å². The van der Waals surface area contributed by atoms with Crippen molar-refractivity contribution in [2.24, 2.45) is 0 Å². The highest BCUT2D eigenvalue weighted by Crippen LogP contribution is 2.31. The summed E-state index contributed by atoms with van der Waals surface area (Å²) in [6, 6.07) is 7.69. The fourth-order valence-electron chi connectivity index (χ4n) is 2.50. The summed E-state index contributed by atoms with van der Waals surface area (Å²) < 4.78 is 37.4. The third kappa shape index (κ3) is 3.78. The van der Waals surface area contributed by atoms with Crippen LogP contribution in [0.15, 0.2) is 40.8 Å². The number of furan rings is 1. The number of benzene rings is 2. The van der Waals surface area contributed by atoms with E-state index in [1.807, 2.05) is 0 Å². The van der Waals surface area contributed by atoms with E-state index in [1.54, 1.807) is 25.1 Å². The van der Waals surface area contributed by atoms with Gasteiger partial charge in [0.2, 0.25) is 5.76 Å². The number of esters is 1. The molecule has 1 atom stereocenters. The molecule has 0 bridgehead atoms. The Balaban J connectivity index is 1.75. The number of anilines is 1. The van der Waals surface area contributed by atoms with Gasteiger partial charge in [0.1, 0.15) is 11.6 Å². The summed E-state index contributed by atoms with van der Waals surface area (Å²) in [5, 5.41) is 3.16. The number of hydrogen-bond acceptors (Lipinski definition) is 4. The molecule has 0 saturated carbocycles. The van der Waals surface area contributed by atoms with Gasteiger partial charge >= 0.3 is 5.97 Å². The van der Waals surface area contributed by atoms with Crippen LogP contribution in [0.4, 0.5) is 14.5 Å². The summed E-state index contributed by atoms with van der Waals surface area (Å²) in [7, 11) is 0. The first-order valence-electron chi connectivity index (χ1n) is 7.92. The molecule has 3 aromatic rings. The van der Waals surface area contributed by atoms with Crippen LogP contribution in [0, 0.1) is 18.6 Å². The number of aryl methyl sites for hydroxylation is 1. The molecular weight excluding hydrogens is 380 g/mol. The predicted octanol–water partition coefficient (Wildman–Crippen LogP) is 4.86. The Labute approximate surface area is 157 Å². The highest BCUT2D eigenvalue weighted by molar-refractivity contribution is 6.35. The van der Waals surface area contributed by atoms with Crippen molar-refractivity contribution in [2.45, 2.75) is 20.0 Å². The monoisotopic (exact) mass is 393 g/mol. The van der Waals surface area contributed by atoms with E-state index in [9.17, 15) is 18.4 Å². The summed E-state index contributed by atoms with van der Waals surface area (Å²) in [4.78, 5) is 24.5. The fraction of sp³-hybridized carbons (Fsp3) is 0.158. The minimum Gasteiger partial charge on any atom is -0.447 e. The molecule has 3 rings (SSSR count). The zero-order chi connectivity index (χ0) is 19.7. The van der Waals surface area contributed by atoms with Crippen molar-refractivity contribution in [3.63, 3.8) is 0 Å². The first-order valence-corrected chi connectivity index (χ1v) is 8.30. The van der Waals surface area contributed by atoms with E-state index in [1.165, 1.54) is 6.92 Å². The molecule has 1 N–H and O–H groups in total. The van der Waals surface area contributed by atoms with Crippen molar-refractivity contribution in [2.75, 3.05) is 5.32 Å². The molecule has 5 nitrogen and oxygen atoms in total. The molecule has 0 spiro atoms. The maximum atomic E-state index is 13.6. The van der Waals surface area contributed by atoms with Crippen LogP contribution in [0.2, 0.25) is 5.02 Å². The highest BCUT2D eigenvalue weighted by atomic mass is 35.5. The van der Waals surface area contributed by atoms with Crippen molar-refractivity contribution in [3.8, 4) is 0 Å². The zero-order valence-electron chi connectivity index (χ0n) is 14.3. The van der Waals surface area contributed by atoms with E-state index in [-0.39, 0.29) is 11.4 Å². The average molecular weight is 394 g/mol. The van der Waals surface area contributed by atoms with Gasteiger partial charge in [-0.15, -0.1) is 0 Å². The number of hydrogen-bond donors (Lipinski definition) is 1. The molecule has 8 heteroatoms. The van der Waals surface area contributed by atoms with Crippen LogP contribution >= 0.6 is 11.6 Å². The largest absolute Gasteiger partial charge is 0.447 e. The van der Waals surface area contributed by atoms with Gasteiger partial charge in [0.15, 0.2) is 11.7 Å². The SMILES string of the molecule is Cc1c(C(=O)OC(C)C(=O)Nc2cc(F)ccc2F)oc2c(Cl)cccc12. The zero-order valence-corrected chi connectivity index (χ0v) is 15.1. The Morgan fingerprint density at radius 1 is 1.22 bits per heavy atom. The summed E-state index contributed by atoms with van der Waals surface area (Å²) in [6.45, 7) is 2.96. The van der Waals surface area contributed by atoms with Crippen LogP contribution in [-0.4, -0.2) is 18.0 Å². The van der Waals surface area contributed by atoms with Crippen molar-refractivity contribution in [1.82, 2.24) is 0 Å². The van der Waals surface area contributed by atoms with Crippen molar-refractivity contribution >= 4 is 40.1 Å². The van der Waals surface area contributed by atoms with E-state index >= 15 is 0 Å². The second-order valence-electron chi connectivity index (χ2n) is 5.83. The quantitative estimate of drug-likeness (QED) is 0.643. The number of fused-ring (bicyclic) bond motifs is 1. The molecule has 140 valence electrons. The van der Waals surface area contributed by atoms with Crippen LogP contribution in [0.1, 0.15) is 23.0 Å². The van der Waals surface area contributed by atoms with E-state index in [4.69, 9.17) is 20.8 Å². The molecule has 1 amide bonds. The molecular formula is C19H14ClF2NO4. The van der Waals surface area contributed by atoms with Gasteiger partial charge in [-0.2, -0.15) is 0 Å². The molecule has 0 aliphatic heterocycles. The minimum atomic E-state index is -1.27. The number of nitrogens with one attached hydrogen (secondary N) is 1. The molecule has 1 unspecified atom stereocenters. The van der Waals surface area contributed by atoms with Gasteiger partial charge in [0, 0.05) is 17.0 Å². The number of amides is 1. The Bertz CT molecular complexity index is 1050. The smallest absolute Gasteiger partial charge is 0.375 e. The fourth-order valence-corrected chi connectivity index (χ4v) is 2.71. The van der Waals surface area contributed by atoms with Gasteiger partial charge in [-0.25, -0.2) is 13.6 Å². The van der Waals surface area contributed by atoms with Crippen molar-refractivity contribution < 1.29 is 27.5 Å². The van der Waals surface area contributed by atoms with E-state index in [2.05, 4.69) is 5.32 Å². The lowest BCUT2D eigenvalue weighted by Gasteiger charge is -2.13. The van der Waals surface area contributed by atoms with Gasteiger partial charge in [0.05, 0.1) is 10.7 Å². The molecule has 0 aliphatic carbocycles. The third-order valence-corrected chi connectivity index (χ3v) is 4.24. The lowest BCUT2D eigenvalue weighted by Crippen LogP contribution is -2.30. The maximum Gasteiger partial charge on any atom is 0.375 e. The van der Waals surface area contributed by atoms with Crippen LogP contribution in [0.3, 0.4) is 0 Å². The first-order chi connectivity index (χ1) is 12.8. The summed E-state index contributed by atoms with van der Waals surface area (Å²) in [6.07, 6.45) is -1.27. The third-order valence-electron chi connectivity index (χ3n) is 3.94. The number of carbonyl (C=O) groups is 2. The Kier molecular flexibility index (Phi) is 5.14. The van der Waals surface area contributed by atoms with Crippen LogP contribution < -0.4 is 5.32 Å². The second-order valence-corrected chi connectivity index (χ2v) is 6.24. The number of ether oxygens (including phenoxy) is 1. The van der Waals surface area contributed by atoms with Gasteiger partial charge < -0.3 is 14.5 Å². The number of halogens is 3. The van der Waals surface area contributed by atoms with E-state index < -0.39 is 29.6 Å². The summed E-state index contributed by atoms with van der Waals surface area (Å²) in [5.74, 6) is -3.31. The predicted molar refractivity (Wildman–Crippen MR) is 95.8 cm³/mol.